The first-order valence-electron chi connectivity index (χ1n) is 15.1. The quantitative estimate of drug-likeness (QED) is 0.147. The number of benzene rings is 2. The molecule has 9 nitrogen and oxygen atoms in total. The highest BCUT2D eigenvalue weighted by Gasteiger charge is 2.41. The van der Waals surface area contributed by atoms with E-state index in [4.69, 9.17) is 21.2 Å². The molecule has 2 fully saturated rings. The molecule has 2 aromatic carbocycles. The lowest BCUT2D eigenvalue weighted by Crippen LogP contribution is -2.53. The van der Waals surface area contributed by atoms with Crippen LogP contribution in [0.1, 0.15) is 31.2 Å². The molecule has 2 aromatic heterocycles. The van der Waals surface area contributed by atoms with Crippen molar-refractivity contribution in [1.82, 2.24) is 24.8 Å². The maximum atomic E-state index is 6.88. The summed E-state index contributed by atoms with van der Waals surface area (Å²) in [7, 11) is 0. The maximum Gasteiger partial charge on any atom is 0.316 e. The van der Waals surface area contributed by atoms with Crippen LogP contribution in [-0.2, 0) is 0 Å². The van der Waals surface area contributed by atoms with Crippen molar-refractivity contribution < 1.29 is 4.74 Å². The van der Waals surface area contributed by atoms with E-state index < -0.39 is 0 Å². The summed E-state index contributed by atoms with van der Waals surface area (Å²) in [6.07, 6.45) is 11.6. The number of likely N-dealkylation sites (tertiary alicyclic amines) is 1. The number of pyridine rings is 1. The number of ether oxygens (including phenoxy) is 1. The van der Waals surface area contributed by atoms with Gasteiger partial charge in [0.1, 0.15) is 17.6 Å². The van der Waals surface area contributed by atoms with Gasteiger partial charge in [0.05, 0.1) is 21.0 Å². The van der Waals surface area contributed by atoms with Gasteiger partial charge in [-0.2, -0.15) is 0 Å². The van der Waals surface area contributed by atoms with Crippen LogP contribution in [0.25, 0.3) is 27.9 Å². The van der Waals surface area contributed by atoms with E-state index in [9.17, 15) is 0 Å². The highest BCUT2D eigenvalue weighted by atomic mass is 127. The van der Waals surface area contributed by atoms with Crippen LogP contribution in [0.4, 0.5) is 0 Å². The monoisotopic (exact) mass is 698 g/mol. The minimum atomic E-state index is 0.175. The van der Waals surface area contributed by atoms with Gasteiger partial charge in [-0.15, -0.1) is 0 Å². The van der Waals surface area contributed by atoms with Crippen molar-refractivity contribution in [3.63, 3.8) is 0 Å². The molecule has 4 aromatic rings. The molecular weight excluding hydrogens is 663 g/mol. The zero-order chi connectivity index (χ0) is 30.0. The van der Waals surface area contributed by atoms with E-state index in [1.165, 1.54) is 0 Å². The summed E-state index contributed by atoms with van der Waals surface area (Å²) in [6, 6.07) is 23.4. The van der Waals surface area contributed by atoms with Crippen LogP contribution in [0.5, 0.6) is 6.01 Å². The van der Waals surface area contributed by atoms with E-state index in [2.05, 4.69) is 77.7 Å². The average Bonchev–Trinajstić information content (AvgIpc) is 3.05. The number of nitrogens with zero attached hydrogens (tertiary/aromatic N) is 6. The standard InChI is InChI=1S/C34H35IN8O/c35-32(25-19-26(20-25)42-16-11-27(12-17-42)44-34-39-13-4-14-40-34)43-18-15-38-33(37)31(43)30(36)24-8-7-23-9-10-28(41-29(23)21-24)22-5-2-1-3-6-22/h1-10,13-15,18,21,25-27,32H,11-12,16-17,19-20,36H2,(H2,37,38)/b31-30-. The highest BCUT2D eigenvalue weighted by molar-refractivity contribution is 14.1. The van der Waals surface area contributed by atoms with E-state index in [1.54, 1.807) is 24.7 Å². The van der Waals surface area contributed by atoms with Crippen LogP contribution in [0.2, 0.25) is 0 Å². The van der Waals surface area contributed by atoms with Crippen molar-refractivity contribution in [3.05, 3.63) is 103 Å². The summed E-state index contributed by atoms with van der Waals surface area (Å²) < 4.78 is 6.19. The Kier molecular flexibility index (Phi) is 8.18. The lowest BCUT2D eigenvalue weighted by Gasteiger charge is -2.49. The van der Waals surface area contributed by atoms with Gasteiger partial charge in [0.2, 0.25) is 0 Å². The van der Waals surface area contributed by atoms with Crippen LogP contribution < -0.4 is 16.2 Å². The summed E-state index contributed by atoms with van der Waals surface area (Å²) in [5, 5.41) is 1.06. The Morgan fingerprint density at radius 3 is 2.48 bits per heavy atom. The number of hydrogen-bond donors (Lipinski definition) is 2. The van der Waals surface area contributed by atoms with E-state index >= 15 is 0 Å². The summed E-state index contributed by atoms with van der Waals surface area (Å²) in [5.41, 5.74) is 18.5. The Morgan fingerprint density at radius 2 is 1.70 bits per heavy atom. The molecule has 1 saturated heterocycles. The second-order valence-electron chi connectivity index (χ2n) is 11.6. The molecule has 7 rings (SSSR count). The summed E-state index contributed by atoms with van der Waals surface area (Å²) >= 11 is 2.55. The van der Waals surface area contributed by atoms with Gasteiger partial charge in [-0.25, -0.2) is 19.9 Å². The second kappa shape index (κ2) is 12.5. The van der Waals surface area contributed by atoms with Crippen LogP contribution in [0.3, 0.4) is 0 Å². The van der Waals surface area contributed by atoms with Gasteiger partial charge in [-0.3, -0.25) is 0 Å². The van der Waals surface area contributed by atoms with Crippen molar-refractivity contribution in [2.24, 2.45) is 22.4 Å². The molecule has 1 unspecified atom stereocenters. The molecule has 3 aliphatic rings. The number of alkyl halides is 1. The molecule has 0 bridgehead atoms. The number of rotatable bonds is 7. The smallest absolute Gasteiger partial charge is 0.316 e. The second-order valence-corrected chi connectivity index (χ2v) is 12.9. The molecule has 44 heavy (non-hydrogen) atoms. The Balaban J connectivity index is 1.04. The third-order valence-electron chi connectivity index (χ3n) is 8.88. The third kappa shape index (κ3) is 5.88. The predicted octanol–water partition coefficient (Wildman–Crippen LogP) is 5.55. The summed E-state index contributed by atoms with van der Waals surface area (Å²) in [6.45, 7) is 2.06. The Labute approximate surface area is 270 Å². The Hall–Kier alpha value is -4.03. The lowest BCUT2D eigenvalue weighted by molar-refractivity contribution is 0.0170. The van der Waals surface area contributed by atoms with Crippen LogP contribution in [-0.4, -0.2) is 59.9 Å². The number of aromatic nitrogens is 3. The zero-order valence-electron chi connectivity index (χ0n) is 24.3. The van der Waals surface area contributed by atoms with Gasteiger partial charge in [-0.1, -0.05) is 71.1 Å². The average molecular weight is 699 g/mol. The fourth-order valence-electron chi connectivity index (χ4n) is 6.36. The molecular formula is C34H35IN8O. The molecule has 10 heteroatoms. The highest BCUT2D eigenvalue weighted by Crippen LogP contribution is 2.42. The molecule has 2 aliphatic heterocycles. The molecule has 1 aliphatic carbocycles. The predicted molar refractivity (Wildman–Crippen MR) is 182 cm³/mol. The van der Waals surface area contributed by atoms with Gasteiger partial charge in [0, 0.05) is 60.4 Å². The van der Waals surface area contributed by atoms with Gasteiger partial charge in [0.15, 0.2) is 0 Å². The van der Waals surface area contributed by atoms with Crippen molar-refractivity contribution in [3.8, 4) is 17.3 Å². The maximum absolute atomic E-state index is 6.88. The van der Waals surface area contributed by atoms with Crippen LogP contribution in [0, 0.1) is 5.92 Å². The summed E-state index contributed by atoms with van der Waals surface area (Å²) in [5.74, 6) is 0.940. The largest absolute Gasteiger partial charge is 0.460 e. The number of fused-ring (bicyclic) bond motifs is 1. The molecule has 0 amide bonds. The fourth-order valence-corrected chi connectivity index (χ4v) is 7.41. The number of aliphatic imine (C=N–C) groups is 1. The van der Waals surface area contributed by atoms with Crippen molar-refractivity contribution in [1.29, 1.82) is 0 Å². The molecule has 0 radical (unpaired) electrons. The minimum absolute atomic E-state index is 0.175. The number of piperidine rings is 1. The topological polar surface area (TPSA) is 119 Å². The van der Waals surface area contributed by atoms with Crippen molar-refractivity contribution in [2.45, 2.75) is 41.9 Å². The Bertz CT molecular complexity index is 1710. The van der Waals surface area contributed by atoms with Gasteiger partial charge >= 0.3 is 6.01 Å². The third-order valence-corrected chi connectivity index (χ3v) is 10.5. The first-order chi connectivity index (χ1) is 21.5. The van der Waals surface area contributed by atoms with Gasteiger partial charge in [-0.05, 0) is 49.8 Å². The number of halogens is 1. The molecule has 1 atom stereocenters. The number of amidine groups is 1. The van der Waals surface area contributed by atoms with E-state index in [0.717, 1.165) is 72.2 Å². The number of hydrogen-bond acceptors (Lipinski definition) is 9. The lowest BCUT2D eigenvalue weighted by atomic mass is 9.78. The van der Waals surface area contributed by atoms with Crippen molar-refractivity contribution >= 4 is 45.0 Å². The first kappa shape index (κ1) is 28.7. The first-order valence-corrected chi connectivity index (χ1v) is 16.3. The van der Waals surface area contributed by atoms with Crippen LogP contribution >= 0.6 is 22.6 Å². The summed E-state index contributed by atoms with van der Waals surface area (Å²) in [4.78, 5) is 22.6. The normalized spacial score (nSPS) is 22.8. The minimum Gasteiger partial charge on any atom is -0.460 e. The number of nitrogens with two attached hydrogens (primary N) is 2. The molecule has 4 heterocycles. The van der Waals surface area contributed by atoms with E-state index in [1.807, 2.05) is 36.5 Å². The van der Waals surface area contributed by atoms with Crippen LogP contribution in [0.15, 0.2) is 102 Å². The molecule has 224 valence electrons. The zero-order valence-corrected chi connectivity index (χ0v) is 26.5. The molecule has 0 spiro atoms. The molecule has 4 N–H and O–H groups in total. The van der Waals surface area contributed by atoms with Gasteiger partial charge < -0.3 is 26.0 Å². The van der Waals surface area contributed by atoms with Crippen molar-refractivity contribution in [2.75, 3.05) is 13.1 Å². The van der Waals surface area contributed by atoms with E-state index in [0.29, 0.717) is 29.5 Å². The Morgan fingerprint density at radius 1 is 0.955 bits per heavy atom. The van der Waals surface area contributed by atoms with E-state index in [-0.39, 0.29) is 10.2 Å². The fraction of sp³-hybridized carbons (Fsp3) is 0.294. The van der Waals surface area contributed by atoms with Gasteiger partial charge in [0.25, 0.3) is 0 Å². The molecule has 1 saturated carbocycles. The SMILES string of the molecule is NC1=NC=CN(C(I)C2CC(N3CCC(Oc4ncccn4)CC3)C2)/C1=C(\N)c1ccc2ccc(-c3ccccc3)nc2c1.